The molecule has 0 bridgehead atoms. The number of nitrogens with one attached hydrogen (secondary N) is 1. The van der Waals surface area contributed by atoms with Crippen LogP contribution < -0.4 is 10.1 Å². The van der Waals surface area contributed by atoms with Crippen molar-refractivity contribution >= 4 is 49.1 Å². The maximum Gasteiger partial charge on any atom is 0.246 e. The van der Waals surface area contributed by atoms with Crippen LogP contribution in [0.3, 0.4) is 0 Å². The number of anilines is 1. The summed E-state index contributed by atoms with van der Waals surface area (Å²) in [7, 11) is -2.34. The van der Waals surface area contributed by atoms with Crippen LogP contribution in [0, 0.1) is 19.8 Å². The number of ether oxygens (including phenoxy) is 1. The Morgan fingerprint density at radius 1 is 1.17 bits per heavy atom. The van der Waals surface area contributed by atoms with Gasteiger partial charge in [0.25, 0.3) is 0 Å². The molecule has 1 amide bonds. The number of methoxy groups -OCH3 is 1. The molecule has 0 aliphatic carbocycles. The fraction of sp³-hybridized carbons (Fsp3) is 0.381. The van der Waals surface area contributed by atoms with Crippen molar-refractivity contribution in [3.63, 3.8) is 0 Å². The first-order chi connectivity index (χ1) is 14.1. The number of halogens is 2. The zero-order valence-electron chi connectivity index (χ0n) is 17.0. The van der Waals surface area contributed by atoms with Crippen molar-refractivity contribution in [1.82, 2.24) is 4.31 Å². The van der Waals surface area contributed by atoms with Gasteiger partial charge in [-0.25, -0.2) is 8.42 Å². The second-order valence-electron chi connectivity index (χ2n) is 7.38. The Balaban J connectivity index is 1.70. The number of benzene rings is 2. The highest BCUT2D eigenvalue weighted by atomic mass is 79.9. The van der Waals surface area contributed by atoms with Crippen LogP contribution in [-0.4, -0.2) is 38.8 Å². The Morgan fingerprint density at radius 3 is 2.33 bits per heavy atom. The van der Waals surface area contributed by atoms with E-state index in [0.717, 1.165) is 21.3 Å². The number of carbonyl (C=O) groups excluding carboxylic acids is 1. The highest BCUT2D eigenvalue weighted by Gasteiger charge is 2.34. The first-order valence-electron chi connectivity index (χ1n) is 9.54. The highest BCUT2D eigenvalue weighted by Crippen LogP contribution is 2.32. The van der Waals surface area contributed by atoms with Gasteiger partial charge in [0.05, 0.1) is 7.11 Å². The van der Waals surface area contributed by atoms with Gasteiger partial charge in [-0.1, -0.05) is 27.5 Å². The summed E-state index contributed by atoms with van der Waals surface area (Å²) < 4.78 is 33.7. The van der Waals surface area contributed by atoms with Crippen molar-refractivity contribution in [3.05, 3.63) is 51.0 Å². The minimum atomic E-state index is -3.77. The topological polar surface area (TPSA) is 75.7 Å². The van der Waals surface area contributed by atoms with Gasteiger partial charge in [0.2, 0.25) is 15.9 Å². The van der Waals surface area contributed by atoms with Crippen LogP contribution in [0.1, 0.15) is 24.0 Å². The van der Waals surface area contributed by atoms with Gasteiger partial charge < -0.3 is 10.1 Å². The van der Waals surface area contributed by atoms with E-state index >= 15 is 0 Å². The van der Waals surface area contributed by atoms with E-state index in [1.807, 2.05) is 26.0 Å². The minimum absolute atomic E-state index is 0.0431. The molecule has 9 heteroatoms. The van der Waals surface area contributed by atoms with E-state index in [9.17, 15) is 13.2 Å². The zero-order chi connectivity index (χ0) is 22.1. The second kappa shape index (κ2) is 9.26. The van der Waals surface area contributed by atoms with Gasteiger partial charge in [-0.3, -0.25) is 4.79 Å². The standard InChI is InChI=1S/C21H24BrClN2O4S/c1-13-10-16(22)11-14(2)20(13)24-21(26)15-6-8-25(9-7-15)30(27,28)19-12-17(23)4-5-18(19)29-3/h4-5,10-12,15H,6-9H2,1-3H3,(H,24,26). The molecular weight excluding hydrogens is 492 g/mol. The largest absolute Gasteiger partial charge is 0.495 e. The maximum absolute atomic E-state index is 13.1. The van der Waals surface area contributed by atoms with Gasteiger partial charge in [0.15, 0.2) is 0 Å². The smallest absolute Gasteiger partial charge is 0.246 e. The quantitative estimate of drug-likeness (QED) is 0.622. The molecule has 0 unspecified atom stereocenters. The molecule has 1 heterocycles. The number of rotatable bonds is 5. The lowest BCUT2D eigenvalue weighted by molar-refractivity contribution is -0.120. The van der Waals surface area contributed by atoms with Gasteiger partial charge in [-0.2, -0.15) is 4.31 Å². The predicted octanol–water partition coefficient (Wildman–Crippen LogP) is 4.77. The summed E-state index contributed by atoms with van der Waals surface area (Å²) in [6.07, 6.45) is 0.894. The Morgan fingerprint density at radius 2 is 1.77 bits per heavy atom. The van der Waals surface area contributed by atoms with Crippen molar-refractivity contribution in [2.75, 3.05) is 25.5 Å². The van der Waals surface area contributed by atoms with Crippen LogP contribution in [0.5, 0.6) is 5.75 Å². The average molecular weight is 516 g/mol. The molecule has 0 aromatic heterocycles. The first kappa shape index (κ1) is 23.1. The van der Waals surface area contributed by atoms with Crippen LogP contribution in [0.2, 0.25) is 5.02 Å². The number of amides is 1. The number of hydrogen-bond acceptors (Lipinski definition) is 4. The van der Waals surface area contributed by atoms with E-state index < -0.39 is 10.0 Å². The van der Waals surface area contributed by atoms with Crippen LogP contribution >= 0.6 is 27.5 Å². The van der Waals surface area contributed by atoms with E-state index in [-0.39, 0.29) is 35.6 Å². The zero-order valence-corrected chi connectivity index (χ0v) is 20.2. The first-order valence-corrected chi connectivity index (χ1v) is 12.2. The summed E-state index contributed by atoms with van der Waals surface area (Å²) in [4.78, 5) is 12.8. The van der Waals surface area contributed by atoms with Crippen LogP contribution in [0.15, 0.2) is 39.7 Å². The lowest BCUT2D eigenvalue weighted by Crippen LogP contribution is -2.41. The molecule has 1 saturated heterocycles. The molecule has 1 N–H and O–H groups in total. The van der Waals surface area contributed by atoms with Crippen molar-refractivity contribution in [2.24, 2.45) is 5.92 Å². The summed E-state index contributed by atoms with van der Waals surface area (Å²) in [6.45, 7) is 4.41. The number of aryl methyl sites for hydroxylation is 2. The molecular formula is C21H24BrClN2O4S. The van der Waals surface area contributed by atoms with E-state index in [1.54, 1.807) is 6.07 Å². The van der Waals surface area contributed by atoms with Crippen molar-refractivity contribution < 1.29 is 17.9 Å². The number of sulfonamides is 1. The third-order valence-corrected chi connectivity index (χ3v) is 7.93. The predicted molar refractivity (Wildman–Crippen MR) is 122 cm³/mol. The molecule has 30 heavy (non-hydrogen) atoms. The number of hydrogen-bond donors (Lipinski definition) is 1. The Bertz CT molecular complexity index is 1040. The summed E-state index contributed by atoms with van der Waals surface area (Å²) in [5, 5.41) is 3.34. The van der Waals surface area contributed by atoms with Crippen LogP contribution in [-0.2, 0) is 14.8 Å². The van der Waals surface area contributed by atoms with Crippen LogP contribution in [0.25, 0.3) is 0 Å². The fourth-order valence-corrected chi connectivity index (χ4v) is 6.26. The molecule has 6 nitrogen and oxygen atoms in total. The average Bonchev–Trinajstić information content (AvgIpc) is 2.70. The summed E-state index contributed by atoms with van der Waals surface area (Å²) in [5.74, 6) is -0.0819. The Kier molecular flexibility index (Phi) is 7.12. The molecule has 162 valence electrons. The lowest BCUT2D eigenvalue weighted by Gasteiger charge is -2.31. The minimum Gasteiger partial charge on any atom is -0.495 e. The molecule has 2 aromatic rings. The fourth-order valence-electron chi connectivity index (χ4n) is 3.68. The Labute approximate surface area is 190 Å². The van der Waals surface area contributed by atoms with Crippen molar-refractivity contribution in [3.8, 4) is 5.75 Å². The van der Waals surface area contributed by atoms with E-state index in [4.69, 9.17) is 16.3 Å². The maximum atomic E-state index is 13.1. The lowest BCUT2D eigenvalue weighted by atomic mass is 9.96. The van der Waals surface area contributed by atoms with Gasteiger partial charge in [-0.15, -0.1) is 0 Å². The molecule has 1 aliphatic heterocycles. The normalized spacial score (nSPS) is 15.8. The number of nitrogens with zero attached hydrogens (tertiary/aromatic N) is 1. The Hall–Kier alpha value is -1.61. The van der Waals surface area contributed by atoms with Gasteiger partial charge >= 0.3 is 0 Å². The third kappa shape index (κ3) is 4.82. The van der Waals surface area contributed by atoms with Gasteiger partial charge in [0.1, 0.15) is 10.6 Å². The highest BCUT2D eigenvalue weighted by molar-refractivity contribution is 9.10. The SMILES string of the molecule is COc1ccc(Cl)cc1S(=O)(=O)N1CCC(C(=O)Nc2c(C)cc(Br)cc2C)CC1. The molecule has 0 atom stereocenters. The number of carbonyl (C=O) groups is 1. The van der Waals surface area contributed by atoms with E-state index in [1.165, 1.54) is 23.5 Å². The molecule has 2 aromatic carbocycles. The van der Waals surface area contributed by atoms with E-state index in [0.29, 0.717) is 17.9 Å². The molecule has 3 rings (SSSR count). The number of piperidine rings is 1. The molecule has 1 fully saturated rings. The second-order valence-corrected chi connectivity index (χ2v) is 10.6. The molecule has 0 saturated carbocycles. The summed E-state index contributed by atoms with van der Waals surface area (Å²) in [6, 6.07) is 8.43. The van der Waals surface area contributed by atoms with Crippen molar-refractivity contribution in [1.29, 1.82) is 0 Å². The summed E-state index contributed by atoms with van der Waals surface area (Å²) >= 11 is 9.46. The third-order valence-electron chi connectivity index (χ3n) is 5.31. The summed E-state index contributed by atoms with van der Waals surface area (Å²) in [5.41, 5.74) is 2.76. The molecule has 0 spiro atoms. The van der Waals surface area contributed by atoms with Gasteiger partial charge in [0, 0.05) is 34.2 Å². The van der Waals surface area contributed by atoms with E-state index in [2.05, 4.69) is 21.2 Å². The monoisotopic (exact) mass is 514 g/mol. The molecule has 0 radical (unpaired) electrons. The molecule has 1 aliphatic rings. The van der Waals surface area contributed by atoms with Crippen LogP contribution in [0.4, 0.5) is 5.69 Å². The van der Waals surface area contributed by atoms with Crippen molar-refractivity contribution in [2.45, 2.75) is 31.6 Å². The van der Waals surface area contributed by atoms with Gasteiger partial charge in [-0.05, 0) is 68.1 Å².